The van der Waals surface area contributed by atoms with E-state index in [2.05, 4.69) is 15.1 Å². The maximum atomic E-state index is 13.8. The van der Waals surface area contributed by atoms with Gasteiger partial charge in [0.2, 0.25) is 0 Å². The first-order chi connectivity index (χ1) is 11.3. The lowest BCUT2D eigenvalue weighted by atomic mass is 10.2. The van der Waals surface area contributed by atoms with Gasteiger partial charge in [0.15, 0.2) is 0 Å². The second kappa shape index (κ2) is 5.53. The van der Waals surface area contributed by atoms with Crippen LogP contribution in [0.2, 0.25) is 0 Å². The Kier molecular flexibility index (Phi) is 3.64. The lowest BCUT2D eigenvalue weighted by Crippen LogP contribution is -2.26. The molecule has 0 saturated carbocycles. The Labute approximate surface area is 134 Å². The zero-order chi connectivity index (χ0) is 17.5. The summed E-state index contributed by atoms with van der Waals surface area (Å²) in [5.74, 6) is -2.77. The minimum Gasteiger partial charge on any atom is -0.545 e. The van der Waals surface area contributed by atoms with Crippen molar-refractivity contribution in [3.8, 4) is 0 Å². The summed E-state index contributed by atoms with van der Waals surface area (Å²) in [7, 11) is -4.43. The van der Waals surface area contributed by atoms with Crippen LogP contribution in [-0.4, -0.2) is 34.0 Å². The number of para-hydroxylation sites is 1. The van der Waals surface area contributed by atoms with Crippen molar-refractivity contribution in [2.45, 2.75) is 12.1 Å². The minimum absolute atomic E-state index is 0.0315. The third-order valence-electron chi connectivity index (χ3n) is 3.12. The Morgan fingerprint density at radius 1 is 1.33 bits per heavy atom. The summed E-state index contributed by atoms with van der Waals surface area (Å²) in [6, 6.07) is 4.64. The summed E-state index contributed by atoms with van der Waals surface area (Å²) in [5, 5.41) is 14.1. The van der Waals surface area contributed by atoms with Crippen molar-refractivity contribution in [3.05, 3.63) is 47.5 Å². The predicted molar refractivity (Wildman–Crippen MR) is 77.1 cm³/mol. The monoisotopic (exact) mass is 350 g/mol. The van der Waals surface area contributed by atoms with Crippen LogP contribution >= 0.6 is 0 Å². The van der Waals surface area contributed by atoms with Crippen LogP contribution in [0.3, 0.4) is 0 Å². The molecule has 3 rings (SSSR count). The molecule has 0 fully saturated rings. The molecule has 24 heavy (non-hydrogen) atoms. The van der Waals surface area contributed by atoms with Crippen molar-refractivity contribution < 1.29 is 22.7 Å². The molecule has 0 aliphatic carbocycles. The Morgan fingerprint density at radius 3 is 2.75 bits per heavy atom. The maximum Gasteiger partial charge on any atom is 0.299 e. The van der Waals surface area contributed by atoms with E-state index in [0.29, 0.717) is 5.69 Å². The summed E-state index contributed by atoms with van der Waals surface area (Å²) in [5.41, 5.74) is -0.812. The third kappa shape index (κ3) is 2.65. The maximum absolute atomic E-state index is 13.8. The van der Waals surface area contributed by atoms with E-state index in [4.69, 9.17) is 0 Å². The number of hydrogen-bond acceptors (Lipinski definition) is 7. The highest BCUT2D eigenvalue weighted by Crippen LogP contribution is 2.22. The molecule has 0 aliphatic rings. The molecule has 0 saturated heterocycles. The average molecular weight is 350 g/mol. The molecule has 11 heteroatoms. The van der Waals surface area contributed by atoms with Crippen LogP contribution in [0.15, 0.2) is 35.6 Å². The Hall–Kier alpha value is -3.08. The zero-order valence-corrected chi connectivity index (χ0v) is 12.9. The quantitative estimate of drug-likeness (QED) is 0.686. The number of rotatable bonds is 4. The largest absolute Gasteiger partial charge is 0.545 e. The molecular weight excluding hydrogens is 341 g/mol. The van der Waals surface area contributed by atoms with Crippen molar-refractivity contribution in [1.29, 1.82) is 0 Å². The summed E-state index contributed by atoms with van der Waals surface area (Å²) >= 11 is 0. The van der Waals surface area contributed by atoms with Gasteiger partial charge in [0, 0.05) is 17.5 Å². The van der Waals surface area contributed by atoms with E-state index >= 15 is 0 Å². The van der Waals surface area contributed by atoms with Crippen molar-refractivity contribution >= 4 is 27.5 Å². The Balaban J connectivity index is 2.09. The van der Waals surface area contributed by atoms with Gasteiger partial charge in [-0.3, -0.25) is 4.72 Å². The van der Waals surface area contributed by atoms with Crippen LogP contribution in [0.1, 0.15) is 16.1 Å². The molecule has 0 amide bonds. The van der Waals surface area contributed by atoms with Gasteiger partial charge in [-0.15, -0.1) is 5.10 Å². The van der Waals surface area contributed by atoms with Gasteiger partial charge in [-0.1, -0.05) is 12.1 Å². The first kappa shape index (κ1) is 15.8. The van der Waals surface area contributed by atoms with Crippen molar-refractivity contribution in [2.75, 3.05) is 4.72 Å². The van der Waals surface area contributed by atoms with E-state index in [0.717, 1.165) is 18.2 Å². The summed E-state index contributed by atoms with van der Waals surface area (Å²) in [6.07, 6.45) is 1.42. The topological polar surface area (TPSA) is 129 Å². The first-order valence-corrected chi connectivity index (χ1v) is 7.99. The number of halogens is 1. The molecule has 0 radical (unpaired) electrons. The van der Waals surface area contributed by atoms with Crippen LogP contribution in [0.5, 0.6) is 0 Å². The number of benzene rings is 1. The number of fused-ring (bicyclic) bond motifs is 1. The van der Waals surface area contributed by atoms with Crippen LogP contribution < -0.4 is 9.83 Å². The van der Waals surface area contributed by atoms with Gasteiger partial charge >= 0.3 is 0 Å². The van der Waals surface area contributed by atoms with Gasteiger partial charge in [-0.05, 0) is 19.1 Å². The lowest BCUT2D eigenvalue weighted by molar-refractivity contribution is -0.254. The van der Waals surface area contributed by atoms with Gasteiger partial charge in [0.25, 0.3) is 21.0 Å². The molecule has 0 atom stereocenters. The number of hydrogen-bond donors (Lipinski definition) is 1. The number of aromatic carboxylic acids is 1. The van der Waals surface area contributed by atoms with E-state index in [1.54, 1.807) is 13.0 Å². The van der Waals surface area contributed by atoms with Crippen molar-refractivity contribution in [2.24, 2.45) is 0 Å². The molecule has 1 N–H and O–H groups in total. The van der Waals surface area contributed by atoms with Gasteiger partial charge in [0.1, 0.15) is 5.82 Å². The highest BCUT2D eigenvalue weighted by Gasteiger charge is 2.24. The van der Waals surface area contributed by atoms with Crippen molar-refractivity contribution in [1.82, 2.24) is 19.6 Å². The Morgan fingerprint density at radius 2 is 2.08 bits per heavy atom. The van der Waals surface area contributed by atoms with Gasteiger partial charge < -0.3 is 9.90 Å². The number of nitrogens with zero attached hydrogens (tertiary/aromatic N) is 4. The smallest absolute Gasteiger partial charge is 0.299 e. The molecule has 9 nitrogen and oxygen atoms in total. The highest BCUT2D eigenvalue weighted by molar-refractivity contribution is 7.92. The first-order valence-electron chi connectivity index (χ1n) is 6.50. The van der Waals surface area contributed by atoms with Gasteiger partial charge in [-0.25, -0.2) is 13.9 Å². The number of sulfonamides is 1. The van der Waals surface area contributed by atoms with E-state index in [1.165, 1.54) is 10.7 Å². The molecule has 0 aliphatic heterocycles. The molecule has 0 bridgehead atoms. The average Bonchev–Trinajstić information content (AvgIpc) is 2.95. The molecule has 124 valence electrons. The number of nitrogens with one attached hydrogen (secondary N) is 1. The number of aryl methyl sites for hydroxylation is 1. The number of aromatic nitrogens is 4. The van der Waals surface area contributed by atoms with Crippen LogP contribution in [0, 0.1) is 12.7 Å². The standard InChI is InChI=1S/C13H10FN5O4S/c1-7-5-6-15-12-16-13(17-19(7)12)24(22,23)18-10-8(11(20)21)3-2-4-9(10)14/h2-6,18H,1H3,(H,20,21)/p-1. The number of anilines is 1. The SMILES string of the molecule is Cc1ccnc2nc(S(=O)(=O)Nc3c(F)cccc3C(=O)[O-])nn12. The van der Waals surface area contributed by atoms with E-state index in [9.17, 15) is 22.7 Å². The molecule has 2 heterocycles. The second-order valence-corrected chi connectivity index (χ2v) is 6.32. The predicted octanol–water partition coefficient (Wildman–Crippen LogP) is -0.264. The zero-order valence-electron chi connectivity index (χ0n) is 12.1. The number of carbonyl (C=O) groups excluding carboxylic acids is 1. The molecular formula is C13H9FN5O4S-. The summed E-state index contributed by atoms with van der Waals surface area (Å²) < 4.78 is 41.6. The lowest BCUT2D eigenvalue weighted by Gasteiger charge is -2.12. The van der Waals surface area contributed by atoms with E-state index in [1.807, 2.05) is 4.72 Å². The highest BCUT2D eigenvalue weighted by atomic mass is 32.2. The molecule has 0 spiro atoms. The summed E-state index contributed by atoms with van der Waals surface area (Å²) in [6.45, 7) is 1.66. The number of carbonyl (C=O) groups is 1. The van der Waals surface area contributed by atoms with Crippen LogP contribution in [-0.2, 0) is 10.0 Å². The second-order valence-electron chi connectivity index (χ2n) is 4.75. The summed E-state index contributed by atoms with van der Waals surface area (Å²) in [4.78, 5) is 18.6. The fourth-order valence-corrected chi connectivity index (χ4v) is 2.94. The number of carboxylic acid groups (broad SMARTS) is 1. The Bertz CT molecular complexity index is 1060. The van der Waals surface area contributed by atoms with Crippen molar-refractivity contribution in [3.63, 3.8) is 0 Å². The fourth-order valence-electron chi connectivity index (χ4n) is 1.98. The van der Waals surface area contributed by atoms with Gasteiger partial charge in [-0.2, -0.15) is 13.4 Å². The third-order valence-corrected chi connectivity index (χ3v) is 4.25. The minimum atomic E-state index is -4.43. The molecule has 0 unspecified atom stereocenters. The molecule has 1 aromatic carbocycles. The fraction of sp³-hybridized carbons (Fsp3) is 0.0769. The van der Waals surface area contributed by atoms with Gasteiger partial charge in [0.05, 0.1) is 11.7 Å². The van der Waals surface area contributed by atoms with E-state index in [-0.39, 0.29) is 5.78 Å². The number of carboxylic acids is 1. The van der Waals surface area contributed by atoms with Crippen LogP contribution in [0.4, 0.5) is 10.1 Å². The van der Waals surface area contributed by atoms with E-state index < -0.39 is 38.2 Å². The van der Waals surface area contributed by atoms with Crippen LogP contribution in [0.25, 0.3) is 5.78 Å². The normalized spacial score (nSPS) is 11.6. The molecule has 2 aromatic heterocycles. The molecule has 3 aromatic rings.